The van der Waals surface area contributed by atoms with Crippen LogP contribution < -0.4 is 0 Å². The second-order valence-corrected chi connectivity index (χ2v) is 10.1. The summed E-state index contributed by atoms with van der Waals surface area (Å²) in [7, 11) is 0. The molecule has 130 valence electrons. The van der Waals surface area contributed by atoms with E-state index in [1.54, 1.807) is 0 Å². The van der Waals surface area contributed by atoms with Gasteiger partial charge in [-0.2, -0.15) is 0 Å². The fraction of sp³-hybridized carbons (Fsp3) is 1.00. The molecule has 2 heteroatoms. The summed E-state index contributed by atoms with van der Waals surface area (Å²) in [5.74, 6) is 3.69. The molecule has 5 rings (SSSR count). The van der Waals surface area contributed by atoms with Crippen LogP contribution in [0, 0.1) is 34.5 Å². The third-order valence-corrected chi connectivity index (χ3v) is 9.26. The van der Waals surface area contributed by atoms with Crippen molar-refractivity contribution < 1.29 is 9.47 Å². The first-order valence-corrected chi connectivity index (χ1v) is 10.3. The maximum atomic E-state index is 6.07. The van der Waals surface area contributed by atoms with Crippen LogP contribution in [0.5, 0.6) is 0 Å². The second kappa shape index (κ2) is 4.97. The van der Waals surface area contributed by atoms with E-state index in [1.807, 2.05) is 0 Å². The number of hydrogen-bond acceptors (Lipinski definition) is 2. The Bertz CT molecular complexity index is 482. The van der Waals surface area contributed by atoms with Gasteiger partial charge in [-0.15, -0.1) is 0 Å². The molecule has 1 aliphatic heterocycles. The fourth-order valence-electron chi connectivity index (χ4n) is 7.95. The fourth-order valence-corrected chi connectivity index (χ4v) is 7.95. The number of ether oxygens (including phenoxy) is 2. The molecule has 1 saturated heterocycles. The lowest BCUT2D eigenvalue weighted by Gasteiger charge is -2.61. The van der Waals surface area contributed by atoms with Crippen molar-refractivity contribution in [3.63, 3.8) is 0 Å². The zero-order valence-electron chi connectivity index (χ0n) is 15.1. The highest BCUT2D eigenvalue weighted by Crippen LogP contribution is 2.67. The van der Waals surface area contributed by atoms with Gasteiger partial charge in [0.15, 0.2) is 5.79 Å². The van der Waals surface area contributed by atoms with E-state index in [0.717, 1.165) is 43.3 Å². The Hall–Kier alpha value is -0.0800. The van der Waals surface area contributed by atoms with Crippen molar-refractivity contribution in [2.24, 2.45) is 34.5 Å². The molecule has 23 heavy (non-hydrogen) atoms. The quantitative estimate of drug-likeness (QED) is 0.614. The molecule has 0 bridgehead atoms. The zero-order valence-corrected chi connectivity index (χ0v) is 15.1. The number of rotatable bonds is 0. The van der Waals surface area contributed by atoms with Gasteiger partial charge in [-0.3, -0.25) is 0 Å². The first-order valence-electron chi connectivity index (χ1n) is 10.3. The van der Waals surface area contributed by atoms with E-state index in [4.69, 9.17) is 9.47 Å². The summed E-state index contributed by atoms with van der Waals surface area (Å²) in [4.78, 5) is 0. The molecule has 0 unspecified atom stereocenters. The van der Waals surface area contributed by atoms with Crippen molar-refractivity contribution in [2.45, 2.75) is 83.8 Å². The first kappa shape index (κ1) is 15.2. The van der Waals surface area contributed by atoms with Crippen molar-refractivity contribution >= 4 is 0 Å². The zero-order chi connectivity index (χ0) is 15.7. The smallest absolute Gasteiger partial charge is 0.168 e. The molecule has 1 spiro atoms. The van der Waals surface area contributed by atoms with Gasteiger partial charge in [-0.25, -0.2) is 0 Å². The molecule has 0 radical (unpaired) electrons. The van der Waals surface area contributed by atoms with Gasteiger partial charge in [0.1, 0.15) is 0 Å². The van der Waals surface area contributed by atoms with Crippen LogP contribution in [0.25, 0.3) is 0 Å². The summed E-state index contributed by atoms with van der Waals surface area (Å²) >= 11 is 0. The Labute approximate surface area is 141 Å². The van der Waals surface area contributed by atoms with Gasteiger partial charge in [0.05, 0.1) is 13.2 Å². The van der Waals surface area contributed by atoms with Gasteiger partial charge in [0, 0.05) is 12.8 Å². The molecule has 5 fully saturated rings. The van der Waals surface area contributed by atoms with Gasteiger partial charge >= 0.3 is 0 Å². The van der Waals surface area contributed by atoms with Crippen molar-refractivity contribution in [3.8, 4) is 0 Å². The summed E-state index contributed by atoms with van der Waals surface area (Å²) < 4.78 is 12.1. The van der Waals surface area contributed by atoms with E-state index in [0.29, 0.717) is 10.8 Å². The Balaban J connectivity index is 1.41. The summed E-state index contributed by atoms with van der Waals surface area (Å²) in [6, 6.07) is 0. The Kier molecular flexibility index (Phi) is 3.29. The molecule has 1 heterocycles. The van der Waals surface area contributed by atoms with Gasteiger partial charge in [-0.1, -0.05) is 20.3 Å². The van der Waals surface area contributed by atoms with Crippen LogP contribution in [-0.2, 0) is 9.47 Å². The molecule has 4 aliphatic carbocycles. The SMILES string of the molecule is C[C@@]12CCC[C@@H]1[C@H]1CC[C@@H]3CC4(CC[C@]3(C)[C@@H]1CC2)OCCO4. The van der Waals surface area contributed by atoms with E-state index in [-0.39, 0.29) is 5.79 Å². The minimum Gasteiger partial charge on any atom is -0.348 e. The Morgan fingerprint density at radius 2 is 1.61 bits per heavy atom. The maximum absolute atomic E-state index is 6.07. The largest absolute Gasteiger partial charge is 0.348 e. The summed E-state index contributed by atoms with van der Waals surface area (Å²) in [5.41, 5.74) is 1.26. The molecule has 6 atom stereocenters. The lowest BCUT2D eigenvalue weighted by Crippen LogP contribution is -2.55. The van der Waals surface area contributed by atoms with Crippen LogP contribution in [0.3, 0.4) is 0 Å². The standard InChI is InChI=1S/C21H34O2/c1-19-8-3-4-17(19)16-6-5-15-14-21(22-12-13-23-21)11-10-20(15,2)18(16)7-9-19/h15-18H,3-14H2,1-2H3/t15-,16-,17-,18-,19+,20+/m1/s1. The molecule has 0 amide bonds. The monoisotopic (exact) mass is 318 g/mol. The highest BCUT2D eigenvalue weighted by Gasteiger charge is 2.60. The lowest BCUT2D eigenvalue weighted by molar-refractivity contribution is -0.229. The minimum absolute atomic E-state index is 0.187. The van der Waals surface area contributed by atoms with Crippen LogP contribution in [-0.4, -0.2) is 19.0 Å². The average molecular weight is 319 g/mol. The van der Waals surface area contributed by atoms with E-state index < -0.39 is 0 Å². The highest BCUT2D eigenvalue weighted by molar-refractivity contribution is 5.08. The molecule has 0 N–H and O–H groups in total. The van der Waals surface area contributed by atoms with Crippen molar-refractivity contribution in [1.82, 2.24) is 0 Å². The first-order chi connectivity index (χ1) is 11.0. The van der Waals surface area contributed by atoms with E-state index in [9.17, 15) is 0 Å². The molecular weight excluding hydrogens is 284 g/mol. The summed E-state index contributed by atoms with van der Waals surface area (Å²) in [6.07, 6.45) is 14.1. The maximum Gasteiger partial charge on any atom is 0.168 e. The van der Waals surface area contributed by atoms with Crippen LogP contribution >= 0.6 is 0 Å². The predicted octanol–water partition coefficient (Wildman–Crippen LogP) is 5.16. The van der Waals surface area contributed by atoms with Gasteiger partial charge in [-0.05, 0) is 79.4 Å². The summed E-state index contributed by atoms with van der Waals surface area (Å²) in [6.45, 7) is 6.89. The third kappa shape index (κ3) is 2.06. The number of hydrogen-bond donors (Lipinski definition) is 0. The van der Waals surface area contributed by atoms with Crippen LogP contribution in [0.4, 0.5) is 0 Å². The third-order valence-electron chi connectivity index (χ3n) is 9.26. The average Bonchev–Trinajstić information content (AvgIpc) is 3.15. The number of fused-ring (bicyclic) bond motifs is 5. The lowest BCUT2D eigenvalue weighted by atomic mass is 9.45. The second-order valence-electron chi connectivity index (χ2n) is 10.1. The molecule has 0 aromatic rings. The topological polar surface area (TPSA) is 18.5 Å². The van der Waals surface area contributed by atoms with Crippen LogP contribution in [0.15, 0.2) is 0 Å². The van der Waals surface area contributed by atoms with Crippen molar-refractivity contribution in [2.75, 3.05) is 13.2 Å². The van der Waals surface area contributed by atoms with Crippen LogP contribution in [0.1, 0.15) is 78.1 Å². The molecule has 0 aromatic carbocycles. The molecule has 4 saturated carbocycles. The van der Waals surface area contributed by atoms with Gasteiger partial charge < -0.3 is 9.47 Å². The normalized spacial score (nSPS) is 54.5. The summed E-state index contributed by atoms with van der Waals surface area (Å²) in [5, 5.41) is 0. The van der Waals surface area contributed by atoms with Gasteiger partial charge in [0.2, 0.25) is 0 Å². The Morgan fingerprint density at radius 3 is 2.43 bits per heavy atom. The molecular formula is C21H34O2. The minimum atomic E-state index is -0.187. The predicted molar refractivity (Wildman–Crippen MR) is 91.0 cm³/mol. The van der Waals surface area contributed by atoms with E-state index in [2.05, 4.69) is 13.8 Å². The van der Waals surface area contributed by atoms with Crippen molar-refractivity contribution in [1.29, 1.82) is 0 Å². The molecule has 2 nitrogen and oxygen atoms in total. The van der Waals surface area contributed by atoms with Gasteiger partial charge in [0.25, 0.3) is 0 Å². The highest BCUT2D eigenvalue weighted by atomic mass is 16.7. The van der Waals surface area contributed by atoms with Crippen LogP contribution in [0.2, 0.25) is 0 Å². The van der Waals surface area contributed by atoms with Crippen molar-refractivity contribution in [3.05, 3.63) is 0 Å². The molecule has 5 aliphatic rings. The Morgan fingerprint density at radius 1 is 0.783 bits per heavy atom. The van der Waals surface area contributed by atoms with E-state index >= 15 is 0 Å². The molecule has 0 aromatic heterocycles. The van der Waals surface area contributed by atoms with E-state index in [1.165, 1.54) is 57.8 Å².